The van der Waals surface area contributed by atoms with Crippen LogP contribution < -0.4 is 0 Å². The van der Waals surface area contributed by atoms with E-state index in [4.69, 9.17) is 0 Å². The van der Waals surface area contributed by atoms with Crippen LogP contribution in [-0.4, -0.2) is 44.6 Å². The first-order valence-electron chi connectivity index (χ1n) is 6.37. The second-order valence-corrected chi connectivity index (χ2v) is 5.86. The highest BCUT2D eigenvalue weighted by Gasteiger charge is 2.46. The van der Waals surface area contributed by atoms with Gasteiger partial charge in [-0.2, -0.15) is 0 Å². The van der Waals surface area contributed by atoms with E-state index in [9.17, 15) is 4.79 Å². The molecule has 0 unspecified atom stereocenters. The minimum absolute atomic E-state index is 0.160. The highest BCUT2D eigenvalue weighted by atomic mass is 16.2. The fraction of sp³-hybridized carbons (Fsp3) is 0.833. The van der Waals surface area contributed by atoms with E-state index in [1.165, 1.54) is 6.42 Å². The second-order valence-electron chi connectivity index (χ2n) is 5.86. The number of aromatic nitrogens is 4. The van der Waals surface area contributed by atoms with Gasteiger partial charge in [0.15, 0.2) is 0 Å². The molecule has 18 heavy (non-hydrogen) atoms. The van der Waals surface area contributed by atoms with E-state index >= 15 is 0 Å². The van der Waals surface area contributed by atoms with Crippen molar-refractivity contribution in [3.8, 4) is 0 Å². The van der Waals surface area contributed by atoms with Crippen molar-refractivity contribution in [3.05, 3.63) is 5.82 Å². The molecular formula is C12H21N5O. The van der Waals surface area contributed by atoms with Crippen molar-refractivity contribution < 1.29 is 4.79 Å². The summed E-state index contributed by atoms with van der Waals surface area (Å²) >= 11 is 0. The predicted molar refractivity (Wildman–Crippen MR) is 66.7 cm³/mol. The van der Waals surface area contributed by atoms with Crippen molar-refractivity contribution in [2.24, 2.45) is 11.3 Å². The van der Waals surface area contributed by atoms with E-state index in [0.717, 1.165) is 12.4 Å². The highest BCUT2D eigenvalue weighted by molar-refractivity contribution is 5.75. The van der Waals surface area contributed by atoms with Gasteiger partial charge in [-0.25, -0.2) is 4.68 Å². The lowest BCUT2D eigenvalue weighted by Crippen LogP contribution is -2.30. The van der Waals surface area contributed by atoms with E-state index in [-0.39, 0.29) is 5.91 Å². The molecule has 0 N–H and O–H groups in total. The average Bonchev–Trinajstić information content (AvgIpc) is 2.71. The average molecular weight is 251 g/mol. The summed E-state index contributed by atoms with van der Waals surface area (Å²) in [5, 5.41) is 11.2. The van der Waals surface area contributed by atoms with Crippen LogP contribution in [0.5, 0.6) is 0 Å². The topological polar surface area (TPSA) is 63.9 Å². The Kier molecular flexibility index (Phi) is 3.36. The number of tetrazole rings is 1. The van der Waals surface area contributed by atoms with Gasteiger partial charge in [0.1, 0.15) is 5.82 Å². The van der Waals surface area contributed by atoms with Crippen LogP contribution in [0.1, 0.15) is 32.5 Å². The number of nitrogens with zero attached hydrogens (tertiary/aromatic N) is 5. The molecule has 1 atom stereocenters. The van der Waals surface area contributed by atoms with Gasteiger partial charge in [0, 0.05) is 20.0 Å². The number of aryl methyl sites for hydroxylation is 2. The third-order valence-electron chi connectivity index (χ3n) is 3.89. The standard InChI is InChI=1S/C12H21N5O/c1-9-13-14-15-17(9)6-5-11(18)16(4)8-10-7-12(10,2)3/h10H,5-8H2,1-4H3/t10-/m0/s1. The van der Waals surface area contributed by atoms with Crippen molar-refractivity contribution in [2.75, 3.05) is 13.6 Å². The van der Waals surface area contributed by atoms with E-state index in [2.05, 4.69) is 29.4 Å². The molecule has 1 aliphatic rings. The molecule has 1 heterocycles. The van der Waals surface area contributed by atoms with Crippen LogP contribution in [0.3, 0.4) is 0 Å². The zero-order valence-electron chi connectivity index (χ0n) is 11.6. The third kappa shape index (κ3) is 2.86. The molecule has 6 heteroatoms. The minimum Gasteiger partial charge on any atom is -0.345 e. The predicted octanol–water partition coefficient (Wildman–Crippen LogP) is 0.876. The zero-order valence-corrected chi connectivity index (χ0v) is 11.6. The fourth-order valence-corrected chi connectivity index (χ4v) is 2.17. The summed E-state index contributed by atoms with van der Waals surface area (Å²) in [5.74, 6) is 1.56. The number of carbonyl (C=O) groups is 1. The second kappa shape index (κ2) is 4.66. The summed E-state index contributed by atoms with van der Waals surface area (Å²) in [6.45, 7) is 7.75. The van der Waals surface area contributed by atoms with Crippen molar-refractivity contribution in [1.29, 1.82) is 0 Å². The number of hydrogen-bond donors (Lipinski definition) is 0. The summed E-state index contributed by atoms with van der Waals surface area (Å²) in [7, 11) is 1.88. The molecule has 1 aromatic heterocycles. The maximum atomic E-state index is 12.0. The van der Waals surface area contributed by atoms with Crippen LogP contribution in [0.15, 0.2) is 0 Å². The molecule has 1 fully saturated rings. The van der Waals surface area contributed by atoms with Crippen LogP contribution >= 0.6 is 0 Å². The lowest BCUT2D eigenvalue weighted by Gasteiger charge is -2.18. The van der Waals surface area contributed by atoms with Crippen molar-refractivity contribution in [3.63, 3.8) is 0 Å². The molecule has 0 spiro atoms. The normalized spacial score (nSPS) is 20.8. The number of rotatable bonds is 5. The van der Waals surface area contributed by atoms with Gasteiger partial charge in [0.25, 0.3) is 0 Å². The largest absolute Gasteiger partial charge is 0.345 e. The van der Waals surface area contributed by atoms with Gasteiger partial charge in [-0.05, 0) is 35.1 Å². The SMILES string of the molecule is Cc1nnnn1CCC(=O)N(C)C[C@@H]1CC1(C)C. The van der Waals surface area contributed by atoms with Crippen molar-refractivity contribution in [1.82, 2.24) is 25.1 Å². The smallest absolute Gasteiger partial charge is 0.224 e. The highest BCUT2D eigenvalue weighted by Crippen LogP contribution is 2.51. The van der Waals surface area contributed by atoms with Crippen LogP contribution in [0.2, 0.25) is 0 Å². The summed E-state index contributed by atoms with van der Waals surface area (Å²) in [5.41, 5.74) is 0.418. The monoisotopic (exact) mass is 251 g/mol. The van der Waals surface area contributed by atoms with Gasteiger partial charge in [-0.3, -0.25) is 4.79 Å². The summed E-state index contributed by atoms with van der Waals surface area (Å²) in [4.78, 5) is 13.8. The Balaban J connectivity index is 1.76. The maximum absolute atomic E-state index is 12.0. The fourth-order valence-electron chi connectivity index (χ4n) is 2.17. The van der Waals surface area contributed by atoms with Crippen LogP contribution in [0, 0.1) is 18.3 Å². The van der Waals surface area contributed by atoms with Gasteiger partial charge < -0.3 is 4.90 Å². The molecule has 100 valence electrons. The first-order chi connectivity index (χ1) is 8.40. The lowest BCUT2D eigenvalue weighted by atomic mass is 10.1. The van der Waals surface area contributed by atoms with Crippen molar-refractivity contribution >= 4 is 5.91 Å². The maximum Gasteiger partial charge on any atom is 0.224 e. The van der Waals surface area contributed by atoms with Crippen LogP contribution in [-0.2, 0) is 11.3 Å². The summed E-state index contributed by atoms with van der Waals surface area (Å²) in [6.07, 6.45) is 1.67. The minimum atomic E-state index is 0.160. The molecule has 1 saturated carbocycles. The van der Waals surface area contributed by atoms with Crippen molar-refractivity contribution in [2.45, 2.75) is 40.2 Å². The van der Waals surface area contributed by atoms with Crippen LogP contribution in [0.4, 0.5) is 0 Å². The first kappa shape index (κ1) is 13.0. The van der Waals surface area contributed by atoms with Gasteiger partial charge >= 0.3 is 0 Å². The first-order valence-corrected chi connectivity index (χ1v) is 6.37. The summed E-state index contributed by atoms with van der Waals surface area (Å²) < 4.78 is 1.66. The number of carbonyl (C=O) groups excluding carboxylic acids is 1. The zero-order chi connectivity index (χ0) is 13.3. The van der Waals surface area contributed by atoms with Gasteiger partial charge in [0.05, 0.1) is 6.54 Å². The number of hydrogen-bond acceptors (Lipinski definition) is 4. The Bertz CT molecular complexity index is 439. The molecule has 0 aromatic carbocycles. The Morgan fingerprint density at radius 1 is 1.56 bits per heavy atom. The van der Waals surface area contributed by atoms with E-state index in [1.807, 2.05) is 18.9 Å². The molecule has 1 amide bonds. The molecule has 0 aliphatic heterocycles. The lowest BCUT2D eigenvalue weighted by molar-refractivity contribution is -0.130. The van der Waals surface area contributed by atoms with Gasteiger partial charge in [-0.1, -0.05) is 13.8 Å². The molecule has 0 saturated heterocycles. The van der Waals surface area contributed by atoms with Crippen LogP contribution in [0.25, 0.3) is 0 Å². The van der Waals surface area contributed by atoms with E-state index < -0.39 is 0 Å². The number of amides is 1. The van der Waals surface area contributed by atoms with Gasteiger partial charge in [-0.15, -0.1) is 5.10 Å². The Morgan fingerprint density at radius 2 is 2.22 bits per heavy atom. The third-order valence-corrected chi connectivity index (χ3v) is 3.89. The summed E-state index contributed by atoms with van der Waals surface area (Å²) in [6, 6.07) is 0. The quantitative estimate of drug-likeness (QED) is 0.779. The van der Waals surface area contributed by atoms with Gasteiger partial charge in [0.2, 0.25) is 5.91 Å². The molecule has 6 nitrogen and oxygen atoms in total. The molecule has 1 aromatic rings. The Hall–Kier alpha value is -1.46. The Morgan fingerprint density at radius 3 is 2.72 bits per heavy atom. The van der Waals surface area contributed by atoms with E-state index in [0.29, 0.717) is 24.3 Å². The molecule has 2 rings (SSSR count). The van der Waals surface area contributed by atoms with E-state index in [1.54, 1.807) is 4.68 Å². The molecule has 0 radical (unpaired) electrons. The molecule has 0 bridgehead atoms. The Labute approximate surface area is 107 Å². The molecular weight excluding hydrogens is 230 g/mol. The molecule has 1 aliphatic carbocycles.